The monoisotopic (exact) mass is 578 g/mol. The Morgan fingerprint density at radius 1 is 0.872 bits per heavy atom. The third-order valence-corrected chi connectivity index (χ3v) is 7.23. The Labute approximate surface area is 220 Å². The fourth-order valence-corrected chi connectivity index (χ4v) is 5.23. The zero-order chi connectivity index (χ0) is 28.8. The first-order valence-electron chi connectivity index (χ1n) is 12.7. The predicted molar refractivity (Wildman–Crippen MR) is 118 cm³/mol. The van der Waals surface area contributed by atoms with Crippen LogP contribution in [0.4, 0.5) is 26.3 Å². The smallest absolute Gasteiger partial charge is 0.480 e. The highest BCUT2D eigenvalue weighted by Gasteiger charge is 2.58. The minimum Gasteiger partial charge on any atom is -0.480 e. The summed E-state index contributed by atoms with van der Waals surface area (Å²) in [6.45, 7) is 0.973. The lowest BCUT2D eigenvalue weighted by atomic mass is 9.83. The van der Waals surface area contributed by atoms with E-state index in [0.29, 0.717) is 0 Å². The van der Waals surface area contributed by atoms with Gasteiger partial charge in [-0.25, -0.2) is 14.4 Å². The number of likely N-dealkylation sites (tertiary alicyclic amines) is 1. The van der Waals surface area contributed by atoms with Gasteiger partial charge in [0.05, 0.1) is 12.2 Å². The van der Waals surface area contributed by atoms with E-state index in [-0.39, 0.29) is 51.3 Å². The number of halogens is 6. The molecule has 0 amide bonds. The summed E-state index contributed by atoms with van der Waals surface area (Å²) in [5, 5.41) is 12.0. The molecule has 1 aliphatic carbocycles. The standard InChI is InChI=1S/C23H32F6N2O8/c24-22(25,26)19(34)38-17-11-16(36-12-14-2-7-30-8-3-14)1-6-21(17,39-20(35)23(27,28)29)31-9-4-15(5-10-31)37-13-18(32)33/h14-17,30H,1-13H2,(H,32,33). The number of hydrogen-bond acceptors (Lipinski definition) is 9. The quantitative estimate of drug-likeness (QED) is 0.312. The van der Waals surface area contributed by atoms with Crippen LogP contribution in [0, 0.1) is 5.92 Å². The van der Waals surface area contributed by atoms with Crippen LogP contribution in [0.5, 0.6) is 0 Å². The fraction of sp³-hybridized carbons (Fsp3) is 0.870. The second-order valence-electron chi connectivity index (χ2n) is 9.94. The highest BCUT2D eigenvalue weighted by atomic mass is 19.4. The number of nitrogens with zero attached hydrogens (tertiary/aromatic N) is 1. The van der Waals surface area contributed by atoms with Gasteiger partial charge in [0.1, 0.15) is 6.61 Å². The van der Waals surface area contributed by atoms with Crippen molar-refractivity contribution in [1.29, 1.82) is 0 Å². The number of alkyl halides is 6. The minimum atomic E-state index is -5.46. The molecular weight excluding hydrogens is 546 g/mol. The Morgan fingerprint density at radius 3 is 2.05 bits per heavy atom. The first-order valence-corrected chi connectivity index (χ1v) is 12.7. The van der Waals surface area contributed by atoms with Crippen LogP contribution < -0.4 is 5.32 Å². The first kappa shape index (κ1) is 31.4. The molecule has 0 aromatic heterocycles. The number of piperidine rings is 2. The second-order valence-corrected chi connectivity index (χ2v) is 9.94. The van der Waals surface area contributed by atoms with Crippen molar-refractivity contribution in [2.45, 2.75) is 81.3 Å². The van der Waals surface area contributed by atoms with E-state index in [1.165, 1.54) is 4.90 Å². The summed E-state index contributed by atoms with van der Waals surface area (Å²) in [7, 11) is 0. The van der Waals surface area contributed by atoms with Crippen molar-refractivity contribution in [3.63, 3.8) is 0 Å². The summed E-state index contributed by atoms with van der Waals surface area (Å²) in [6, 6.07) is 0. The molecule has 16 heteroatoms. The van der Waals surface area contributed by atoms with Crippen LogP contribution in [0.15, 0.2) is 0 Å². The van der Waals surface area contributed by atoms with Crippen LogP contribution in [0.1, 0.15) is 44.9 Å². The van der Waals surface area contributed by atoms with E-state index in [9.17, 15) is 40.7 Å². The number of rotatable bonds is 9. The molecule has 3 fully saturated rings. The number of carbonyl (C=O) groups is 3. The molecule has 2 aliphatic heterocycles. The highest BCUT2D eigenvalue weighted by Crippen LogP contribution is 2.42. The average molecular weight is 579 g/mol. The average Bonchev–Trinajstić information content (AvgIpc) is 2.87. The van der Waals surface area contributed by atoms with Crippen molar-refractivity contribution in [2.75, 3.05) is 39.4 Å². The lowest BCUT2D eigenvalue weighted by Gasteiger charge is -2.52. The number of esters is 2. The van der Waals surface area contributed by atoms with Gasteiger partial charge in [-0.3, -0.25) is 4.90 Å². The molecule has 2 N–H and O–H groups in total. The molecule has 1 saturated carbocycles. The summed E-state index contributed by atoms with van der Waals surface area (Å²) in [5.74, 6) is -6.30. The number of ether oxygens (including phenoxy) is 4. The zero-order valence-electron chi connectivity index (χ0n) is 21.0. The summed E-state index contributed by atoms with van der Waals surface area (Å²) in [5.41, 5.74) is -2.35. The third-order valence-electron chi connectivity index (χ3n) is 7.23. The van der Waals surface area contributed by atoms with Crippen molar-refractivity contribution >= 4 is 17.9 Å². The molecule has 0 aromatic carbocycles. The van der Waals surface area contributed by atoms with Crippen molar-refractivity contribution < 1.29 is 64.8 Å². The van der Waals surface area contributed by atoms with Crippen molar-refractivity contribution in [2.24, 2.45) is 5.92 Å². The number of carboxylic acids is 1. The van der Waals surface area contributed by atoms with E-state index in [4.69, 9.17) is 24.1 Å². The van der Waals surface area contributed by atoms with Crippen LogP contribution in [0.2, 0.25) is 0 Å². The lowest BCUT2D eigenvalue weighted by Crippen LogP contribution is -2.66. The van der Waals surface area contributed by atoms with Crippen molar-refractivity contribution in [3.05, 3.63) is 0 Å². The topological polar surface area (TPSA) is 124 Å². The van der Waals surface area contributed by atoms with E-state index < -0.39 is 67.3 Å². The van der Waals surface area contributed by atoms with Crippen LogP contribution in [-0.4, -0.2) is 104 Å². The molecule has 2 saturated heterocycles. The summed E-state index contributed by atoms with van der Waals surface area (Å²) < 4.78 is 100. The molecule has 0 bridgehead atoms. The third kappa shape index (κ3) is 8.66. The van der Waals surface area contributed by atoms with Crippen molar-refractivity contribution in [3.8, 4) is 0 Å². The maximum atomic E-state index is 13.3. The molecule has 0 radical (unpaired) electrons. The van der Waals surface area contributed by atoms with E-state index >= 15 is 0 Å². The lowest BCUT2D eigenvalue weighted by molar-refractivity contribution is -0.278. The van der Waals surface area contributed by atoms with Crippen LogP contribution >= 0.6 is 0 Å². The minimum absolute atomic E-state index is 0.0334. The van der Waals surface area contributed by atoms with Gasteiger partial charge in [-0.2, -0.15) is 26.3 Å². The predicted octanol–water partition coefficient (Wildman–Crippen LogP) is 2.40. The molecule has 0 aromatic rings. The van der Waals surface area contributed by atoms with Gasteiger partial charge in [-0.05, 0) is 51.1 Å². The molecule has 3 aliphatic rings. The van der Waals surface area contributed by atoms with Gasteiger partial charge < -0.3 is 29.4 Å². The summed E-state index contributed by atoms with van der Waals surface area (Å²) in [4.78, 5) is 35.9. The molecule has 39 heavy (non-hydrogen) atoms. The molecule has 10 nitrogen and oxygen atoms in total. The number of aliphatic carboxylic acids is 1. The van der Waals surface area contributed by atoms with Crippen LogP contribution in [0.3, 0.4) is 0 Å². The number of hydrogen-bond donors (Lipinski definition) is 2. The van der Waals surface area contributed by atoms with E-state index in [1.807, 2.05) is 0 Å². The van der Waals surface area contributed by atoms with Gasteiger partial charge in [-0.1, -0.05) is 0 Å². The molecule has 3 unspecified atom stereocenters. The molecule has 3 atom stereocenters. The van der Waals surface area contributed by atoms with Crippen LogP contribution in [-0.2, 0) is 33.3 Å². The molecule has 2 heterocycles. The highest BCUT2D eigenvalue weighted by molar-refractivity contribution is 5.77. The Kier molecular flexibility index (Phi) is 10.5. The molecule has 224 valence electrons. The SMILES string of the molecule is O=C(O)COC1CCN(C2(OC(=O)C(F)(F)F)CCC(OCC3CCNCC3)CC2OC(=O)C(F)(F)F)CC1. The Balaban J connectivity index is 1.83. The zero-order valence-corrected chi connectivity index (χ0v) is 21.0. The van der Waals surface area contributed by atoms with Gasteiger partial charge in [0.2, 0.25) is 5.72 Å². The fourth-order valence-electron chi connectivity index (χ4n) is 5.23. The Morgan fingerprint density at radius 2 is 1.49 bits per heavy atom. The summed E-state index contributed by atoms with van der Waals surface area (Å²) >= 11 is 0. The number of nitrogens with one attached hydrogen (secondary N) is 1. The maximum absolute atomic E-state index is 13.3. The van der Waals surface area contributed by atoms with Crippen molar-refractivity contribution in [1.82, 2.24) is 10.2 Å². The Hall–Kier alpha value is -2.17. The molecule has 0 spiro atoms. The normalized spacial score (nSPS) is 28.2. The number of carboxylic acid groups (broad SMARTS) is 1. The number of carbonyl (C=O) groups excluding carboxylic acids is 2. The van der Waals surface area contributed by atoms with E-state index in [2.05, 4.69) is 5.32 Å². The second kappa shape index (κ2) is 13.0. The van der Waals surface area contributed by atoms with Gasteiger partial charge in [0.25, 0.3) is 0 Å². The van der Waals surface area contributed by atoms with Gasteiger partial charge in [0.15, 0.2) is 6.10 Å². The molecular formula is C23H32F6N2O8. The first-order chi connectivity index (χ1) is 18.2. The Bertz CT molecular complexity index is 859. The van der Waals surface area contributed by atoms with E-state index in [0.717, 1.165) is 25.9 Å². The molecule has 3 rings (SSSR count). The van der Waals surface area contributed by atoms with Crippen LogP contribution in [0.25, 0.3) is 0 Å². The maximum Gasteiger partial charge on any atom is 0.490 e. The van der Waals surface area contributed by atoms with Gasteiger partial charge >= 0.3 is 30.3 Å². The van der Waals surface area contributed by atoms with E-state index in [1.54, 1.807) is 0 Å². The largest absolute Gasteiger partial charge is 0.490 e. The van der Waals surface area contributed by atoms with Gasteiger partial charge in [-0.15, -0.1) is 0 Å². The van der Waals surface area contributed by atoms with Gasteiger partial charge in [0, 0.05) is 32.5 Å². The summed E-state index contributed by atoms with van der Waals surface area (Å²) in [6.07, 6.45) is -13.1.